The summed E-state index contributed by atoms with van der Waals surface area (Å²) in [6.07, 6.45) is 2.65. The maximum atomic E-state index is 5.26. The quantitative estimate of drug-likeness (QED) is 0.549. The van der Waals surface area contributed by atoms with Gasteiger partial charge in [-0.1, -0.05) is 12.1 Å². The Morgan fingerprint density at radius 2 is 2.08 bits per heavy atom. The summed E-state index contributed by atoms with van der Waals surface area (Å²) in [7, 11) is 5.89. The van der Waals surface area contributed by atoms with Crippen LogP contribution in [-0.4, -0.2) is 62.7 Å². The maximum Gasteiger partial charge on any atom is 0.191 e. The first-order valence-corrected chi connectivity index (χ1v) is 10.1. The third-order valence-corrected chi connectivity index (χ3v) is 5.81. The molecule has 1 aliphatic rings. The number of methoxy groups -OCH3 is 1. The minimum Gasteiger partial charge on any atom is -0.497 e. The number of rotatable bonds is 8. The lowest BCUT2D eigenvalue weighted by molar-refractivity contribution is 0.306. The van der Waals surface area contributed by atoms with Gasteiger partial charge in [-0.05, 0) is 57.3 Å². The first-order chi connectivity index (χ1) is 12.1. The van der Waals surface area contributed by atoms with E-state index in [1.54, 1.807) is 7.11 Å². The van der Waals surface area contributed by atoms with E-state index in [-0.39, 0.29) is 6.04 Å². The number of likely N-dealkylation sites (N-methyl/N-ethyl adjacent to an activating group) is 1. The van der Waals surface area contributed by atoms with Gasteiger partial charge in [-0.25, -0.2) is 0 Å². The predicted octanol–water partition coefficient (Wildman–Crippen LogP) is 2.75. The monoisotopic (exact) mass is 364 g/mol. The summed E-state index contributed by atoms with van der Waals surface area (Å²) in [4.78, 5) is 7.04. The second kappa shape index (κ2) is 10.6. The van der Waals surface area contributed by atoms with Gasteiger partial charge in [0, 0.05) is 18.3 Å². The lowest BCUT2D eigenvalue weighted by atomic mass is 10.1. The zero-order chi connectivity index (χ0) is 18.1. The Hall–Kier alpha value is -1.40. The van der Waals surface area contributed by atoms with Gasteiger partial charge in [-0.15, -0.1) is 0 Å². The lowest BCUT2D eigenvalue weighted by Gasteiger charge is -2.24. The van der Waals surface area contributed by atoms with E-state index < -0.39 is 0 Å². The Balaban J connectivity index is 1.99. The van der Waals surface area contributed by atoms with E-state index in [9.17, 15) is 0 Å². The summed E-state index contributed by atoms with van der Waals surface area (Å²) in [6.45, 7) is 4.69. The lowest BCUT2D eigenvalue weighted by Crippen LogP contribution is -2.40. The maximum absolute atomic E-state index is 5.26. The Morgan fingerprint density at radius 1 is 1.32 bits per heavy atom. The van der Waals surface area contributed by atoms with E-state index in [0.29, 0.717) is 6.54 Å². The molecule has 25 heavy (non-hydrogen) atoms. The molecule has 2 N–H and O–H groups in total. The molecule has 2 rings (SSSR count). The van der Waals surface area contributed by atoms with Crippen molar-refractivity contribution >= 4 is 17.7 Å². The van der Waals surface area contributed by atoms with Crippen LogP contribution in [0.4, 0.5) is 0 Å². The zero-order valence-corrected chi connectivity index (χ0v) is 16.7. The average molecular weight is 365 g/mol. The molecular weight excluding hydrogens is 332 g/mol. The van der Waals surface area contributed by atoms with Crippen molar-refractivity contribution < 1.29 is 4.74 Å². The van der Waals surface area contributed by atoms with Crippen LogP contribution in [0.15, 0.2) is 29.3 Å². The highest BCUT2D eigenvalue weighted by atomic mass is 32.2. The van der Waals surface area contributed by atoms with E-state index in [4.69, 9.17) is 9.73 Å². The first-order valence-electron chi connectivity index (χ1n) is 9.08. The second-order valence-corrected chi connectivity index (χ2v) is 7.90. The molecule has 1 aromatic carbocycles. The molecule has 1 fully saturated rings. The van der Waals surface area contributed by atoms with Crippen molar-refractivity contribution in [1.29, 1.82) is 0 Å². The number of guanidine groups is 1. The summed E-state index contributed by atoms with van der Waals surface area (Å²) < 4.78 is 5.26. The Morgan fingerprint density at radius 3 is 2.64 bits per heavy atom. The summed E-state index contributed by atoms with van der Waals surface area (Å²) >= 11 is 2.07. The van der Waals surface area contributed by atoms with Gasteiger partial charge in [0.1, 0.15) is 5.75 Å². The fourth-order valence-electron chi connectivity index (χ4n) is 2.93. The average Bonchev–Trinajstić information content (AvgIpc) is 3.13. The number of hydrogen-bond acceptors (Lipinski definition) is 4. The van der Waals surface area contributed by atoms with Crippen LogP contribution in [0.3, 0.4) is 0 Å². The highest BCUT2D eigenvalue weighted by Crippen LogP contribution is 2.25. The smallest absolute Gasteiger partial charge is 0.191 e. The predicted molar refractivity (Wildman–Crippen MR) is 109 cm³/mol. The minimum absolute atomic E-state index is 0.238. The summed E-state index contributed by atoms with van der Waals surface area (Å²) in [5.74, 6) is 3.09. The Bertz CT molecular complexity index is 527. The summed E-state index contributed by atoms with van der Waals surface area (Å²) in [5, 5.41) is 7.59. The van der Waals surface area contributed by atoms with Crippen LogP contribution in [0, 0.1) is 0 Å². The topological polar surface area (TPSA) is 48.9 Å². The molecule has 0 spiro atoms. The minimum atomic E-state index is 0.238. The highest BCUT2D eigenvalue weighted by molar-refractivity contribution is 8.00. The zero-order valence-electron chi connectivity index (χ0n) is 15.9. The third kappa shape index (κ3) is 6.44. The number of ether oxygens (including phenoxy) is 1. The number of nitrogens with one attached hydrogen (secondary N) is 2. The molecule has 140 valence electrons. The largest absolute Gasteiger partial charge is 0.497 e. The molecule has 2 unspecified atom stereocenters. The van der Waals surface area contributed by atoms with Gasteiger partial charge in [0.25, 0.3) is 0 Å². The van der Waals surface area contributed by atoms with Gasteiger partial charge >= 0.3 is 0 Å². The normalized spacial score (nSPS) is 19.1. The SMILES string of the molecule is CCNC(=NCC(c1ccc(OC)cc1)N(C)C)NCC1CCCS1. The van der Waals surface area contributed by atoms with E-state index in [2.05, 4.69) is 60.4 Å². The van der Waals surface area contributed by atoms with Crippen molar-refractivity contribution in [2.75, 3.05) is 46.6 Å². The molecular formula is C19H32N4OS. The molecule has 6 heteroatoms. The third-order valence-electron chi connectivity index (χ3n) is 4.41. The molecule has 2 atom stereocenters. The number of nitrogens with zero attached hydrogens (tertiary/aromatic N) is 2. The van der Waals surface area contributed by atoms with Gasteiger partial charge in [-0.2, -0.15) is 11.8 Å². The van der Waals surface area contributed by atoms with Crippen LogP contribution in [0.1, 0.15) is 31.4 Å². The van der Waals surface area contributed by atoms with Crippen LogP contribution < -0.4 is 15.4 Å². The van der Waals surface area contributed by atoms with E-state index in [1.807, 2.05) is 12.1 Å². The molecule has 0 amide bonds. The Kier molecular flexibility index (Phi) is 8.41. The van der Waals surface area contributed by atoms with Crippen molar-refractivity contribution in [1.82, 2.24) is 15.5 Å². The fraction of sp³-hybridized carbons (Fsp3) is 0.632. The van der Waals surface area contributed by atoms with Crippen molar-refractivity contribution in [2.45, 2.75) is 31.1 Å². The van der Waals surface area contributed by atoms with E-state index in [1.165, 1.54) is 24.2 Å². The van der Waals surface area contributed by atoms with Crippen molar-refractivity contribution in [3.05, 3.63) is 29.8 Å². The van der Waals surface area contributed by atoms with Crippen molar-refractivity contribution in [3.8, 4) is 5.75 Å². The number of benzene rings is 1. The first kappa shape index (κ1) is 19.9. The molecule has 0 saturated carbocycles. The van der Waals surface area contributed by atoms with Crippen LogP contribution >= 0.6 is 11.8 Å². The van der Waals surface area contributed by atoms with E-state index in [0.717, 1.165) is 30.0 Å². The fourth-order valence-corrected chi connectivity index (χ4v) is 4.13. The molecule has 0 aromatic heterocycles. The van der Waals surface area contributed by atoms with Crippen molar-refractivity contribution in [2.24, 2.45) is 4.99 Å². The molecule has 1 saturated heterocycles. The molecule has 1 aliphatic heterocycles. The molecule has 0 radical (unpaired) electrons. The van der Waals surface area contributed by atoms with E-state index >= 15 is 0 Å². The number of aliphatic imine (C=N–C) groups is 1. The van der Waals surface area contributed by atoms with Crippen molar-refractivity contribution in [3.63, 3.8) is 0 Å². The van der Waals surface area contributed by atoms with Gasteiger partial charge < -0.3 is 20.3 Å². The number of hydrogen-bond donors (Lipinski definition) is 2. The molecule has 1 heterocycles. The van der Waals surface area contributed by atoms with Crippen LogP contribution in [-0.2, 0) is 0 Å². The van der Waals surface area contributed by atoms with Crippen LogP contribution in [0.2, 0.25) is 0 Å². The van der Waals surface area contributed by atoms with Crippen LogP contribution in [0.5, 0.6) is 5.75 Å². The standard InChI is InChI=1S/C19H32N4OS/c1-5-20-19(21-13-17-7-6-12-25-17)22-14-18(23(2)3)15-8-10-16(24-4)11-9-15/h8-11,17-18H,5-7,12-14H2,1-4H3,(H2,20,21,22). The molecule has 1 aromatic rings. The summed E-state index contributed by atoms with van der Waals surface area (Å²) in [5.41, 5.74) is 1.25. The van der Waals surface area contributed by atoms with Gasteiger partial charge in [0.15, 0.2) is 5.96 Å². The number of thioether (sulfide) groups is 1. The summed E-state index contributed by atoms with van der Waals surface area (Å²) in [6, 6.07) is 8.50. The molecule has 0 aliphatic carbocycles. The Labute approximate surface area is 156 Å². The second-order valence-electron chi connectivity index (χ2n) is 6.49. The highest BCUT2D eigenvalue weighted by Gasteiger charge is 2.17. The van der Waals surface area contributed by atoms with Gasteiger partial charge in [-0.3, -0.25) is 4.99 Å². The van der Waals surface area contributed by atoms with Crippen LogP contribution in [0.25, 0.3) is 0 Å². The molecule has 0 bridgehead atoms. The van der Waals surface area contributed by atoms with Gasteiger partial charge in [0.05, 0.1) is 19.7 Å². The van der Waals surface area contributed by atoms with Gasteiger partial charge in [0.2, 0.25) is 0 Å². The molecule has 5 nitrogen and oxygen atoms in total.